The Morgan fingerprint density at radius 1 is 1.33 bits per heavy atom. The Morgan fingerprint density at radius 3 is 2.81 bits per heavy atom. The van der Waals surface area contributed by atoms with E-state index < -0.39 is 11.9 Å². The van der Waals surface area contributed by atoms with Gasteiger partial charge in [-0.05, 0) is 30.9 Å². The summed E-state index contributed by atoms with van der Waals surface area (Å²) in [6.07, 6.45) is 1.68. The van der Waals surface area contributed by atoms with Gasteiger partial charge in [0, 0.05) is 5.92 Å². The highest BCUT2D eigenvalue weighted by Crippen LogP contribution is 2.46. The summed E-state index contributed by atoms with van der Waals surface area (Å²) in [7, 11) is 0. The summed E-state index contributed by atoms with van der Waals surface area (Å²) in [4.78, 5) is 24.8. The Labute approximate surface area is 123 Å². The smallest absolute Gasteiger partial charge is 0.317 e. The monoisotopic (exact) mass is 286 g/mol. The summed E-state index contributed by atoms with van der Waals surface area (Å²) >= 11 is 0. The number of carbonyl (C=O) groups excluding carboxylic acids is 2. The van der Waals surface area contributed by atoms with E-state index in [0.717, 1.165) is 24.0 Å². The summed E-state index contributed by atoms with van der Waals surface area (Å²) in [6, 6.07) is 9.67. The first-order valence-electron chi connectivity index (χ1n) is 7.35. The van der Waals surface area contributed by atoms with Crippen LogP contribution < -0.4 is 0 Å². The molecule has 0 bridgehead atoms. The van der Waals surface area contributed by atoms with E-state index in [1.54, 1.807) is 6.92 Å². The van der Waals surface area contributed by atoms with Crippen LogP contribution in [0.3, 0.4) is 0 Å². The van der Waals surface area contributed by atoms with E-state index in [1.807, 2.05) is 30.3 Å². The molecular weight excluding hydrogens is 268 g/mol. The number of ether oxygens (including phenoxy) is 2. The molecule has 2 aliphatic rings. The summed E-state index contributed by atoms with van der Waals surface area (Å²) < 4.78 is 10.7. The van der Waals surface area contributed by atoms with Crippen molar-refractivity contribution in [1.82, 2.24) is 0 Å². The van der Waals surface area contributed by atoms with E-state index >= 15 is 0 Å². The van der Waals surface area contributed by atoms with Crippen molar-refractivity contribution < 1.29 is 19.1 Å². The predicted molar refractivity (Wildman–Crippen MR) is 76.5 cm³/mol. The van der Waals surface area contributed by atoms with Gasteiger partial charge < -0.3 is 9.47 Å². The van der Waals surface area contributed by atoms with E-state index in [4.69, 9.17) is 9.47 Å². The molecule has 0 spiro atoms. The Hall–Kier alpha value is -2.10. The van der Waals surface area contributed by atoms with Crippen LogP contribution in [0.25, 0.3) is 0 Å². The van der Waals surface area contributed by atoms with Gasteiger partial charge in [-0.3, -0.25) is 9.59 Å². The van der Waals surface area contributed by atoms with Crippen LogP contribution >= 0.6 is 0 Å². The first kappa shape index (κ1) is 13.9. The predicted octanol–water partition coefficient (Wildman–Crippen LogP) is 2.60. The number of ketones is 1. The number of carbonyl (C=O) groups is 2. The lowest BCUT2D eigenvalue weighted by Crippen LogP contribution is -2.28. The zero-order valence-corrected chi connectivity index (χ0v) is 12.0. The molecule has 4 nitrogen and oxygen atoms in total. The standard InChI is InChI=1S/C17H18O4/c1-2-20-17(19)14-13(11-7-4-3-5-8-11)12-9-6-10-21-16(12)15(14)18/h3-5,7-8,13-14H,2,6,9-10H2,1H3. The topological polar surface area (TPSA) is 52.6 Å². The lowest BCUT2D eigenvalue weighted by Gasteiger charge is -2.21. The second-order valence-electron chi connectivity index (χ2n) is 5.29. The summed E-state index contributed by atoms with van der Waals surface area (Å²) in [5.41, 5.74) is 1.93. The Bertz CT molecular complexity index is 588. The highest BCUT2D eigenvalue weighted by molar-refractivity contribution is 6.11. The number of benzene rings is 1. The molecule has 0 aromatic heterocycles. The largest absolute Gasteiger partial charge is 0.490 e. The van der Waals surface area contributed by atoms with Gasteiger partial charge in [-0.1, -0.05) is 30.3 Å². The maximum absolute atomic E-state index is 12.6. The zero-order chi connectivity index (χ0) is 14.8. The van der Waals surface area contributed by atoms with Crippen molar-refractivity contribution in [3.05, 3.63) is 47.2 Å². The molecule has 1 aromatic rings. The van der Waals surface area contributed by atoms with Crippen LogP contribution in [0.5, 0.6) is 0 Å². The second kappa shape index (κ2) is 5.72. The highest BCUT2D eigenvalue weighted by Gasteiger charge is 2.49. The maximum atomic E-state index is 12.6. The molecule has 1 aromatic carbocycles. The van der Waals surface area contributed by atoms with E-state index in [9.17, 15) is 9.59 Å². The second-order valence-corrected chi connectivity index (χ2v) is 5.29. The fraction of sp³-hybridized carbons (Fsp3) is 0.412. The van der Waals surface area contributed by atoms with Crippen molar-refractivity contribution in [2.24, 2.45) is 5.92 Å². The van der Waals surface area contributed by atoms with Gasteiger partial charge in [0.25, 0.3) is 0 Å². The molecule has 0 N–H and O–H groups in total. The molecule has 21 heavy (non-hydrogen) atoms. The number of esters is 1. The Morgan fingerprint density at radius 2 is 2.10 bits per heavy atom. The van der Waals surface area contributed by atoms with Crippen LogP contribution in [0, 0.1) is 5.92 Å². The van der Waals surface area contributed by atoms with E-state index in [-0.39, 0.29) is 18.3 Å². The van der Waals surface area contributed by atoms with Crippen molar-refractivity contribution in [3.63, 3.8) is 0 Å². The molecule has 2 unspecified atom stereocenters. The summed E-state index contributed by atoms with van der Waals surface area (Å²) in [5, 5.41) is 0. The van der Waals surface area contributed by atoms with Crippen molar-refractivity contribution >= 4 is 11.8 Å². The van der Waals surface area contributed by atoms with Gasteiger partial charge >= 0.3 is 5.97 Å². The Kier molecular flexibility index (Phi) is 3.78. The molecule has 0 amide bonds. The minimum absolute atomic E-state index is 0.225. The van der Waals surface area contributed by atoms with Gasteiger partial charge in [0.2, 0.25) is 5.78 Å². The van der Waals surface area contributed by atoms with Gasteiger partial charge in [-0.15, -0.1) is 0 Å². The van der Waals surface area contributed by atoms with Gasteiger partial charge in [0.05, 0.1) is 13.2 Å². The zero-order valence-electron chi connectivity index (χ0n) is 12.0. The van der Waals surface area contributed by atoms with E-state index in [1.165, 1.54) is 0 Å². The molecule has 0 saturated carbocycles. The average molecular weight is 286 g/mol. The third-order valence-corrected chi connectivity index (χ3v) is 4.04. The number of hydrogen-bond acceptors (Lipinski definition) is 4. The third kappa shape index (κ3) is 2.35. The van der Waals surface area contributed by atoms with Crippen LogP contribution in [-0.4, -0.2) is 25.0 Å². The lowest BCUT2D eigenvalue weighted by atomic mass is 9.83. The number of Topliss-reactive ketones (excluding diaryl/α,β-unsaturated/α-hetero) is 1. The van der Waals surface area contributed by atoms with Gasteiger partial charge in [0.1, 0.15) is 5.92 Å². The summed E-state index contributed by atoms with van der Waals surface area (Å²) in [5.74, 6) is -1.32. The molecular formula is C17H18O4. The van der Waals surface area contributed by atoms with E-state index in [2.05, 4.69) is 0 Å². The molecule has 1 aliphatic heterocycles. The number of allylic oxidation sites excluding steroid dienone is 2. The lowest BCUT2D eigenvalue weighted by molar-refractivity contribution is -0.151. The first-order chi connectivity index (χ1) is 10.2. The minimum Gasteiger partial charge on any atom is -0.490 e. The minimum atomic E-state index is -0.796. The fourth-order valence-corrected chi connectivity index (χ4v) is 3.19. The fourth-order valence-electron chi connectivity index (χ4n) is 3.19. The Balaban J connectivity index is 2.03. The van der Waals surface area contributed by atoms with E-state index in [0.29, 0.717) is 12.4 Å². The molecule has 1 aliphatic carbocycles. The highest BCUT2D eigenvalue weighted by atomic mass is 16.5. The average Bonchev–Trinajstić information content (AvgIpc) is 2.82. The quantitative estimate of drug-likeness (QED) is 0.633. The van der Waals surface area contributed by atoms with Crippen molar-refractivity contribution in [1.29, 1.82) is 0 Å². The van der Waals surface area contributed by atoms with Crippen LogP contribution in [0.4, 0.5) is 0 Å². The first-order valence-corrected chi connectivity index (χ1v) is 7.35. The molecule has 2 atom stereocenters. The normalized spacial score (nSPS) is 24.5. The van der Waals surface area contributed by atoms with Gasteiger partial charge in [-0.25, -0.2) is 0 Å². The third-order valence-electron chi connectivity index (χ3n) is 4.04. The molecule has 0 saturated heterocycles. The number of hydrogen-bond donors (Lipinski definition) is 0. The molecule has 110 valence electrons. The maximum Gasteiger partial charge on any atom is 0.317 e. The van der Waals surface area contributed by atoms with Crippen LogP contribution in [0.15, 0.2) is 41.7 Å². The van der Waals surface area contributed by atoms with Crippen LogP contribution in [0.2, 0.25) is 0 Å². The van der Waals surface area contributed by atoms with Crippen LogP contribution in [0.1, 0.15) is 31.2 Å². The molecule has 4 heteroatoms. The molecule has 0 fully saturated rings. The van der Waals surface area contributed by atoms with Crippen molar-refractivity contribution in [3.8, 4) is 0 Å². The van der Waals surface area contributed by atoms with Crippen molar-refractivity contribution in [2.75, 3.05) is 13.2 Å². The molecule has 3 rings (SSSR count). The van der Waals surface area contributed by atoms with Crippen LogP contribution in [-0.2, 0) is 19.1 Å². The molecule has 1 heterocycles. The molecule has 0 radical (unpaired) electrons. The van der Waals surface area contributed by atoms with Crippen molar-refractivity contribution in [2.45, 2.75) is 25.7 Å². The van der Waals surface area contributed by atoms with Gasteiger partial charge in [0.15, 0.2) is 5.76 Å². The summed E-state index contributed by atoms with van der Waals surface area (Å²) in [6.45, 7) is 2.57. The SMILES string of the molecule is CCOC(=O)C1C(=O)C2=C(CCCO2)C1c1ccccc1. The van der Waals surface area contributed by atoms with Gasteiger partial charge in [-0.2, -0.15) is 0 Å². The number of rotatable bonds is 3.